The zero-order valence-electron chi connectivity index (χ0n) is 14.6. The molecular weight excluding hydrogens is 454 g/mol. The molecule has 0 bridgehead atoms. The van der Waals surface area contributed by atoms with Crippen molar-refractivity contribution in [3.63, 3.8) is 0 Å². The molecule has 0 unspecified atom stereocenters. The number of halogens is 2. The molecule has 138 valence electrons. The van der Waals surface area contributed by atoms with Gasteiger partial charge < -0.3 is 15.4 Å². The van der Waals surface area contributed by atoms with E-state index in [1.165, 1.54) is 17.0 Å². The topological polar surface area (TPSA) is 58.5 Å². The quantitative estimate of drug-likeness (QED) is 0.278. The van der Waals surface area contributed by atoms with Crippen molar-refractivity contribution in [1.29, 1.82) is 0 Å². The van der Waals surface area contributed by atoms with Crippen LogP contribution in [0.3, 0.4) is 0 Å². The summed E-state index contributed by atoms with van der Waals surface area (Å²) in [7, 11) is 1.72. The summed E-state index contributed by atoms with van der Waals surface area (Å²) < 4.78 is 18.5. The van der Waals surface area contributed by atoms with Crippen LogP contribution in [-0.2, 0) is 6.42 Å². The molecule has 25 heavy (non-hydrogen) atoms. The molecule has 0 fully saturated rings. The highest BCUT2D eigenvalue weighted by Gasteiger charge is 2.04. The highest BCUT2D eigenvalue weighted by molar-refractivity contribution is 14.0. The molecule has 2 rings (SSSR count). The SMILES string of the molecule is CN=C(NCCOc1cccc(F)c1)NCCc1nc(C)c(C)s1.I. The summed E-state index contributed by atoms with van der Waals surface area (Å²) in [5.74, 6) is 0.933. The minimum atomic E-state index is -0.300. The molecule has 0 saturated heterocycles. The third kappa shape index (κ3) is 7.55. The fourth-order valence-corrected chi connectivity index (χ4v) is 2.98. The number of nitrogens with zero attached hydrogens (tertiary/aromatic N) is 2. The average molecular weight is 478 g/mol. The van der Waals surface area contributed by atoms with Crippen LogP contribution in [-0.4, -0.2) is 37.7 Å². The summed E-state index contributed by atoms with van der Waals surface area (Å²) in [6.45, 7) is 5.88. The van der Waals surface area contributed by atoms with Crippen LogP contribution in [0.15, 0.2) is 29.3 Å². The van der Waals surface area contributed by atoms with E-state index in [2.05, 4.69) is 27.5 Å². The molecule has 0 spiro atoms. The number of hydrogen-bond donors (Lipinski definition) is 2. The van der Waals surface area contributed by atoms with E-state index in [9.17, 15) is 4.39 Å². The molecule has 0 saturated carbocycles. The first-order valence-electron chi connectivity index (χ1n) is 7.84. The zero-order chi connectivity index (χ0) is 17.4. The predicted octanol–water partition coefficient (Wildman–Crippen LogP) is 3.30. The van der Waals surface area contributed by atoms with Crippen LogP contribution in [0.25, 0.3) is 0 Å². The largest absolute Gasteiger partial charge is 0.492 e. The lowest BCUT2D eigenvalue weighted by molar-refractivity contribution is 0.320. The number of aryl methyl sites for hydroxylation is 2. The van der Waals surface area contributed by atoms with E-state index in [0.717, 1.165) is 23.7 Å². The summed E-state index contributed by atoms with van der Waals surface area (Å²) in [5, 5.41) is 7.53. The van der Waals surface area contributed by atoms with Gasteiger partial charge in [-0.25, -0.2) is 9.37 Å². The molecule has 2 N–H and O–H groups in total. The van der Waals surface area contributed by atoms with Gasteiger partial charge in [-0.05, 0) is 26.0 Å². The van der Waals surface area contributed by atoms with E-state index >= 15 is 0 Å². The van der Waals surface area contributed by atoms with Gasteiger partial charge in [0.1, 0.15) is 18.2 Å². The van der Waals surface area contributed by atoms with Crippen LogP contribution in [0.5, 0.6) is 5.75 Å². The van der Waals surface area contributed by atoms with Crippen molar-refractivity contribution >= 4 is 41.3 Å². The average Bonchev–Trinajstić information content (AvgIpc) is 2.88. The summed E-state index contributed by atoms with van der Waals surface area (Å²) in [6, 6.07) is 6.11. The maximum atomic E-state index is 13.0. The number of aliphatic imine (C=N–C) groups is 1. The fourth-order valence-electron chi connectivity index (χ4n) is 2.05. The Morgan fingerprint density at radius 2 is 2.04 bits per heavy atom. The lowest BCUT2D eigenvalue weighted by Gasteiger charge is -2.12. The first kappa shape index (κ1) is 21.6. The number of guanidine groups is 1. The van der Waals surface area contributed by atoms with E-state index in [4.69, 9.17) is 4.74 Å². The van der Waals surface area contributed by atoms with E-state index in [1.54, 1.807) is 30.5 Å². The first-order valence-corrected chi connectivity index (χ1v) is 8.66. The lowest BCUT2D eigenvalue weighted by atomic mass is 10.3. The summed E-state index contributed by atoms with van der Waals surface area (Å²) in [4.78, 5) is 9.94. The van der Waals surface area contributed by atoms with Crippen molar-refractivity contribution in [2.75, 3.05) is 26.7 Å². The Balaban J connectivity index is 0.00000312. The molecule has 8 heteroatoms. The maximum absolute atomic E-state index is 13.0. The van der Waals surface area contributed by atoms with Crippen LogP contribution in [0, 0.1) is 19.7 Å². The zero-order valence-corrected chi connectivity index (χ0v) is 17.8. The molecule has 0 radical (unpaired) electrons. The van der Waals surface area contributed by atoms with Gasteiger partial charge in [0.2, 0.25) is 0 Å². The second kappa shape index (κ2) is 11.2. The van der Waals surface area contributed by atoms with Gasteiger partial charge in [-0.1, -0.05) is 6.07 Å². The van der Waals surface area contributed by atoms with Crippen molar-refractivity contribution in [3.8, 4) is 5.75 Å². The number of aromatic nitrogens is 1. The Kier molecular flexibility index (Phi) is 9.73. The third-order valence-corrected chi connectivity index (χ3v) is 4.52. The van der Waals surface area contributed by atoms with Crippen molar-refractivity contribution in [1.82, 2.24) is 15.6 Å². The number of ether oxygens (including phenoxy) is 1. The number of hydrogen-bond acceptors (Lipinski definition) is 4. The Hall–Kier alpha value is -1.42. The van der Waals surface area contributed by atoms with Crippen LogP contribution >= 0.6 is 35.3 Å². The Morgan fingerprint density at radius 1 is 1.28 bits per heavy atom. The molecule has 0 aliphatic rings. The fraction of sp³-hybridized carbons (Fsp3) is 0.412. The van der Waals surface area contributed by atoms with Gasteiger partial charge in [0, 0.05) is 31.0 Å². The van der Waals surface area contributed by atoms with Crippen LogP contribution in [0.1, 0.15) is 15.6 Å². The van der Waals surface area contributed by atoms with E-state index in [0.29, 0.717) is 24.9 Å². The van der Waals surface area contributed by atoms with Crippen molar-refractivity contribution in [2.24, 2.45) is 4.99 Å². The van der Waals surface area contributed by atoms with Crippen molar-refractivity contribution in [2.45, 2.75) is 20.3 Å². The molecule has 0 aliphatic carbocycles. The van der Waals surface area contributed by atoms with Gasteiger partial charge in [0.15, 0.2) is 5.96 Å². The maximum Gasteiger partial charge on any atom is 0.191 e. The highest BCUT2D eigenvalue weighted by Crippen LogP contribution is 2.16. The van der Waals surface area contributed by atoms with Crippen LogP contribution in [0.2, 0.25) is 0 Å². The molecule has 5 nitrogen and oxygen atoms in total. The molecule has 0 aliphatic heterocycles. The van der Waals surface area contributed by atoms with Gasteiger partial charge in [0.05, 0.1) is 17.2 Å². The van der Waals surface area contributed by atoms with Gasteiger partial charge in [-0.15, -0.1) is 35.3 Å². The first-order chi connectivity index (χ1) is 11.6. The van der Waals surface area contributed by atoms with Crippen molar-refractivity contribution < 1.29 is 9.13 Å². The molecule has 0 amide bonds. The molecule has 2 aromatic rings. The molecular formula is C17H24FIN4OS. The summed E-state index contributed by atoms with van der Waals surface area (Å²) in [5.41, 5.74) is 1.10. The monoisotopic (exact) mass is 478 g/mol. The van der Waals surface area contributed by atoms with Gasteiger partial charge in [-0.3, -0.25) is 4.99 Å². The molecule has 1 heterocycles. The minimum absolute atomic E-state index is 0. The van der Waals surface area contributed by atoms with E-state index < -0.39 is 0 Å². The van der Waals surface area contributed by atoms with Gasteiger partial charge in [-0.2, -0.15) is 0 Å². The van der Waals surface area contributed by atoms with Gasteiger partial charge in [0.25, 0.3) is 0 Å². The Labute approximate surface area is 169 Å². The van der Waals surface area contributed by atoms with Crippen LogP contribution < -0.4 is 15.4 Å². The summed E-state index contributed by atoms with van der Waals surface area (Å²) in [6.07, 6.45) is 0.861. The molecule has 0 atom stereocenters. The van der Waals surface area contributed by atoms with Gasteiger partial charge >= 0.3 is 0 Å². The summed E-state index contributed by atoms with van der Waals surface area (Å²) >= 11 is 1.73. The molecule has 1 aromatic heterocycles. The lowest BCUT2D eigenvalue weighted by Crippen LogP contribution is -2.40. The number of thiazole rings is 1. The molecule has 1 aromatic carbocycles. The standard InChI is InChI=1S/C17H23FN4OS.HI/c1-12-13(2)24-16(22-12)7-8-20-17(19-3)21-9-10-23-15-6-4-5-14(18)11-15;/h4-6,11H,7-10H2,1-3H3,(H2,19,20,21);1H. The van der Waals surface area contributed by atoms with Crippen molar-refractivity contribution in [3.05, 3.63) is 45.7 Å². The normalized spacial score (nSPS) is 11.0. The second-order valence-corrected chi connectivity index (χ2v) is 6.52. The van der Waals surface area contributed by atoms with E-state index in [-0.39, 0.29) is 29.8 Å². The van der Waals surface area contributed by atoms with Crippen LogP contribution in [0.4, 0.5) is 4.39 Å². The Morgan fingerprint density at radius 3 is 2.68 bits per heavy atom. The van der Waals surface area contributed by atoms with E-state index in [1.807, 2.05) is 6.92 Å². The smallest absolute Gasteiger partial charge is 0.191 e. The Bertz CT molecular complexity index is 674. The predicted molar refractivity (Wildman–Crippen MR) is 112 cm³/mol. The number of benzene rings is 1. The second-order valence-electron chi connectivity index (χ2n) is 5.23. The number of nitrogens with one attached hydrogen (secondary N) is 2. The highest BCUT2D eigenvalue weighted by atomic mass is 127. The minimum Gasteiger partial charge on any atom is -0.492 e. The number of rotatable bonds is 7. The third-order valence-electron chi connectivity index (χ3n) is 3.39.